The minimum Gasteiger partial charge on any atom is -0.377 e. The second kappa shape index (κ2) is 8.57. The molecule has 0 saturated heterocycles. The molecule has 0 bridgehead atoms. The quantitative estimate of drug-likeness (QED) is 0.713. The monoisotopic (exact) mass is 283 g/mol. The molecule has 0 aliphatic carbocycles. The molecular formula is C16H26ClNO. The Kier molecular flexibility index (Phi) is 7.44. The van der Waals surface area contributed by atoms with Crippen molar-refractivity contribution in [1.82, 2.24) is 5.32 Å². The molecule has 3 heteroatoms. The fraction of sp³-hybridized carbons (Fsp3) is 0.625. The van der Waals surface area contributed by atoms with Crippen molar-refractivity contribution < 1.29 is 4.74 Å². The maximum atomic E-state index is 5.83. The number of benzene rings is 1. The fourth-order valence-electron chi connectivity index (χ4n) is 1.74. The van der Waals surface area contributed by atoms with E-state index in [1.165, 1.54) is 18.4 Å². The fourth-order valence-corrected chi connectivity index (χ4v) is 1.87. The van der Waals surface area contributed by atoms with Crippen LogP contribution in [0.4, 0.5) is 0 Å². The lowest BCUT2D eigenvalue weighted by Crippen LogP contribution is -2.36. The van der Waals surface area contributed by atoms with Crippen molar-refractivity contribution in [2.75, 3.05) is 13.2 Å². The van der Waals surface area contributed by atoms with E-state index < -0.39 is 0 Å². The molecule has 0 spiro atoms. The summed E-state index contributed by atoms with van der Waals surface area (Å²) in [6, 6.07) is 7.82. The predicted octanol–water partition coefficient (Wildman–Crippen LogP) is 4.42. The molecule has 1 rings (SSSR count). The molecule has 0 atom stereocenters. The van der Waals surface area contributed by atoms with Gasteiger partial charge in [0.2, 0.25) is 0 Å². The van der Waals surface area contributed by atoms with Crippen molar-refractivity contribution in [3.05, 3.63) is 34.9 Å². The average Bonchev–Trinajstić information content (AvgIpc) is 2.33. The zero-order valence-corrected chi connectivity index (χ0v) is 13.1. The van der Waals surface area contributed by atoms with Gasteiger partial charge in [-0.1, -0.05) is 23.7 Å². The molecule has 0 aliphatic rings. The van der Waals surface area contributed by atoms with Crippen molar-refractivity contribution in [1.29, 1.82) is 0 Å². The Bertz CT molecular complexity index is 343. The lowest BCUT2D eigenvalue weighted by atomic mass is 10.1. The van der Waals surface area contributed by atoms with Crippen LogP contribution in [0.25, 0.3) is 0 Å². The number of halogens is 1. The van der Waals surface area contributed by atoms with E-state index in [2.05, 4.69) is 26.1 Å². The van der Waals surface area contributed by atoms with E-state index in [1.54, 1.807) is 0 Å². The van der Waals surface area contributed by atoms with Crippen LogP contribution in [0.2, 0.25) is 5.02 Å². The Labute approximate surface area is 122 Å². The number of nitrogens with one attached hydrogen (secondary N) is 1. The number of hydrogen-bond acceptors (Lipinski definition) is 2. The summed E-state index contributed by atoms with van der Waals surface area (Å²) in [4.78, 5) is 0. The van der Waals surface area contributed by atoms with Crippen molar-refractivity contribution in [2.24, 2.45) is 0 Å². The van der Waals surface area contributed by atoms with Crippen LogP contribution in [-0.2, 0) is 11.3 Å². The minimum atomic E-state index is 0.227. The van der Waals surface area contributed by atoms with Crippen LogP contribution in [0.5, 0.6) is 0 Å². The highest BCUT2D eigenvalue weighted by molar-refractivity contribution is 6.30. The van der Waals surface area contributed by atoms with Gasteiger partial charge in [-0.25, -0.2) is 0 Å². The molecule has 0 fully saturated rings. The van der Waals surface area contributed by atoms with Gasteiger partial charge in [0.1, 0.15) is 0 Å². The SMILES string of the molecule is CC(C)(C)NCCCCCOCc1ccc(Cl)cc1. The molecule has 19 heavy (non-hydrogen) atoms. The minimum absolute atomic E-state index is 0.227. The van der Waals surface area contributed by atoms with Crippen LogP contribution in [0, 0.1) is 0 Å². The molecule has 0 heterocycles. The highest BCUT2D eigenvalue weighted by Gasteiger charge is 2.06. The Balaban J connectivity index is 1.95. The molecule has 0 amide bonds. The Morgan fingerprint density at radius 3 is 2.37 bits per heavy atom. The highest BCUT2D eigenvalue weighted by Crippen LogP contribution is 2.10. The zero-order valence-electron chi connectivity index (χ0n) is 12.3. The molecule has 1 aromatic rings. The molecule has 1 N–H and O–H groups in total. The summed E-state index contributed by atoms with van der Waals surface area (Å²) in [5.74, 6) is 0. The van der Waals surface area contributed by atoms with Crippen LogP contribution in [0.1, 0.15) is 45.6 Å². The van der Waals surface area contributed by atoms with Crippen molar-refractivity contribution in [3.8, 4) is 0 Å². The van der Waals surface area contributed by atoms with Crippen LogP contribution in [-0.4, -0.2) is 18.7 Å². The smallest absolute Gasteiger partial charge is 0.0716 e. The molecule has 2 nitrogen and oxygen atoms in total. The third-order valence-corrected chi connectivity index (χ3v) is 3.05. The largest absolute Gasteiger partial charge is 0.377 e. The maximum absolute atomic E-state index is 5.83. The standard InChI is InChI=1S/C16H26ClNO/c1-16(2,3)18-11-5-4-6-12-19-13-14-7-9-15(17)10-8-14/h7-10,18H,4-6,11-13H2,1-3H3. The predicted molar refractivity (Wildman–Crippen MR) is 82.7 cm³/mol. The molecule has 0 radical (unpaired) electrons. The van der Waals surface area contributed by atoms with Gasteiger partial charge in [-0.05, 0) is 64.3 Å². The van der Waals surface area contributed by atoms with E-state index in [1.807, 2.05) is 24.3 Å². The number of hydrogen-bond donors (Lipinski definition) is 1. The van der Waals surface area contributed by atoms with E-state index in [9.17, 15) is 0 Å². The number of ether oxygens (including phenoxy) is 1. The van der Waals surface area contributed by atoms with Crippen molar-refractivity contribution in [2.45, 2.75) is 52.2 Å². The second-order valence-corrected chi connectivity index (χ2v) is 6.35. The zero-order chi connectivity index (χ0) is 14.1. The van der Waals surface area contributed by atoms with Crippen LogP contribution >= 0.6 is 11.6 Å². The van der Waals surface area contributed by atoms with E-state index in [0.29, 0.717) is 6.61 Å². The lowest BCUT2D eigenvalue weighted by Gasteiger charge is -2.20. The van der Waals surface area contributed by atoms with Gasteiger partial charge in [-0.2, -0.15) is 0 Å². The molecule has 1 aromatic carbocycles. The summed E-state index contributed by atoms with van der Waals surface area (Å²) in [7, 11) is 0. The molecule has 0 unspecified atom stereocenters. The first-order valence-electron chi connectivity index (χ1n) is 7.04. The topological polar surface area (TPSA) is 21.3 Å². The molecule has 0 saturated carbocycles. The van der Waals surface area contributed by atoms with Crippen LogP contribution in [0.15, 0.2) is 24.3 Å². The molecule has 0 aliphatic heterocycles. The van der Waals surface area contributed by atoms with E-state index >= 15 is 0 Å². The normalized spacial score (nSPS) is 11.8. The van der Waals surface area contributed by atoms with Gasteiger partial charge in [0.15, 0.2) is 0 Å². The maximum Gasteiger partial charge on any atom is 0.0716 e. The molecule has 108 valence electrons. The molecular weight excluding hydrogens is 258 g/mol. The summed E-state index contributed by atoms with van der Waals surface area (Å²) in [6.45, 7) is 9.18. The van der Waals surface area contributed by atoms with Crippen molar-refractivity contribution in [3.63, 3.8) is 0 Å². The Hall–Kier alpha value is -0.570. The number of unbranched alkanes of at least 4 members (excludes halogenated alkanes) is 2. The van der Waals surface area contributed by atoms with Gasteiger partial charge < -0.3 is 10.1 Å². The third kappa shape index (κ3) is 9.04. The molecule has 0 aromatic heterocycles. The lowest BCUT2D eigenvalue weighted by molar-refractivity contribution is 0.116. The van der Waals surface area contributed by atoms with Crippen LogP contribution in [0.3, 0.4) is 0 Å². The summed E-state index contributed by atoms with van der Waals surface area (Å²) in [5.41, 5.74) is 1.41. The van der Waals surface area contributed by atoms with Crippen molar-refractivity contribution >= 4 is 11.6 Å². The van der Waals surface area contributed by atoms with Crippen LogP contribution < -0.4 is 5.32 Å². The second-order valence-electron chi connectivity index (χ2n) is 5.92. The van der Waals surface area contributed by atoms with Gasteiger partial charge in [-0.15, -0.1) is 0 Å². The summed E-state index contributed by atoms with van der Waals surface area (Å²) >= 11 is 5.83. The van der Waals surface area contributed by atoms with Gasteiger partial charge in [0, 0.05) is 17.2 Å². The first-order chi connectivity index (χ1) is 8.97. The average molecular weight is 284 g/mol. The van der Waals surface area contributed by atoms with Gasteiger partial charge in [0.05, 0.1) is 6.61 Å². The number of rotatable bonds is 8. The van der Waals surface area contributed by atoms with Gasteiger partial charge in [0.25, 0.3) is 0 Å². The first kappa shape index (κ1) is 16.5. The van der Waals surface area contributed by atoms with E-state index in [4.69, 9.17) is 16.3 Å². The first-order valence-corrected chi connectivity index (χ1v) is 7.42. The van der Waals surface area contributed by atoms with E-state index in [-0.39, 0.29) is 5.54 Å². The Morgan fingerprint density at radius 2 is 1.74 bits per heavy atom. The summed E-state index contributed by atoms with van der Waals surface area (Å²) in [5, 5.41) is 4.26. The highest BCUT2D eigenvalue weighted by atomic mass is 35.5. The van der Waals surface area contributed by atoms with Gasteiger partial charge >= 0.3 is 0 Å². The summed E-state index contributed by atoms with van der Waals surface area (Å²) in [6.07, 6.45) is 3.55. The summed E-state index contributed by atoms with van der Waals surface area (Å²) < 4.78 is 5.64. The Morgan fingerprint density at radius 1 is 1.05 bits per heavy atom. The van der Waals surface area contributed by atoms with Gasteiger partial charge in [-0.3, -0.25) is 0 Å². The third-order valence-electron chi connectivity index (χ3n) is 2.80. The van der Waals surface area contributed by atoms with E-state index in [0.717, 1.165) is 24.6 Å².